The summed E-state index contributed by atoms with van der Waals surface area (Å²) in [5, 5.41) is 9.72. The highest BCUT2D eigenvalue weighted by Gasteiger charge is 2.35. The first kappa shape index (κ1) is 22.9. The van der Waals surface area contributed by atoms with Crippen molar-refractivity contribution in [3.63, 3.8) is 0 Å². The molecule has 1 aromatic heterocycles. The second kappa shape index (κ2) is 8.74. The van der Waals surface area contributed by atoms with Crippen molar-refractivity contribution < 1.29 is 18.4 Å². The Labute approximate surface area is 180 Å². The monoisotopic (exact) mass is 433 g/mol. The van der Waals surface area contributed by atoms with Crippen molar-refractivity contribution in [3.05, 3.63) is 41.1 Å². The van der Waals surface area contributed by atoms with Crippen molar-refractivity contribution in [2.75, 3.05) is 20.1 Å². The number of amides is 2. The van der Waals surface area contributed by atoms with Gasteiger partial charge in [-0.25, -0.2) is 13.6 Å². The molecule has 31 heavy (non-hydrogen) atoms. The molecule has 2 N–H and O–H groups in total. The van der Waals surface area contributed by atoms with Crippen LogP contribution in [0.5, 0.6) is 0 Å². The van der Waals surface area contributed by atoms with Crippen molar-refractivity contribution in [1.29, 1.82) is 0 Å². The molecule has 3 rings (SSSR count). The molecule has 168 valence electrons. The van der Waals surface area contributed by atoms with Crippen LogP contribution in [0.2, 0.25) is 0 Å². The molecule has 1 aliphatic heterocycles. The van der Waals surface area contributed by atoms with Gasteiger partial charge in [0.25, 0.3) is 0 Å². The van der Waals surface area contributed by atoms with Crippen LogP contribution in [0, 0.1) is 17.0 Å². The van der Waals surface area contributed by atoms with Crippen molar-refractivity contribution in [3.8, 4) is 11.3 Å². The average molecular weight is 434 g/mol. The molecule has 0 radical (unpaired) electrons. The summed E-state index contributed by atoms with van der Waals surface area (Å²) in [5.74, 6) is -1.52. The molecule has 0 saturated heterocycles. The number of benzene rings is 1. The fraction of sp³-hybridized carbons (Fsp3) is 0.500. The topological polar surface area (TPSA) is 79.3 Å². The number of halogens is 2. The van der Waals surface area contributed by atoms with Gasteiger partial charge in [-0.2, -0.15) is 9.78 Å². The molecule has 0 aliphatic carbocycles. The van der Waals surface area contributed by atoms with Crippen LogP contribution in [0.25, 0.3) is 11.3 Å². The van der Waals surface area contributed by atoms with Gasteiger partial charge < -0.3 is 10.6 Å². The Hall–Kier alpha value is -2.81. The number of fused-ring (bicyclic) bond motifs is 1. The zero-order valence-electron chi connectivity index (χ0n) is 18.6. The number of carbonyl (C=O) groups excluding carboxylic acids is 2. The Bertz CT molecular complexity index is 997. The van der Waals surface area contributed by atoms with E-state index in [-0.39, 0.29) is 17.2 Å². The number of hydrogen-bond donors (Lipinski definition) is 2. The summed E-state index contributed by atoms with van der Waals surface area (Å²) in [7, 11) is 1.51. The van der Waals surface area contributed by atoms with Gasteiger partial charge in [-0.1, -0.05) is 27.7 Å². The van der Waals surface area contributed by atoms with Crippen LogP contribution in [-0.4, -0.2) is 52.8 Å². The summed E-state index contributed by atoms with van der Waals surface area (Å²) < 4.78 is 29.6. The molecule has 2 heterocycles. The van der Waals surface area contributed by atoms with E-state index >= 15 is 0 Å². The number of aromatic nitrogens is 2. The van der Waals surface area contributed by atoms with Gasteiger partial charge in [-0.05, 0) is 30.2 Å². The van der Waals surface area contributed by atoms with E-state index < -0.39 is 29.1 Å². The second-order valence-corrected chi connectivity index (χ2v) is 8.79. The molecular weight excluding hydrogens is 404 g/mol. The van der Waals surface area contributed by atoms with Crippen LogP contribution in [0.3, 0.4) is 0 Å². The van der Waals surface area contributed by atoms with E-state index in [0.717, 1.165) is 24.7 Å². The molecule has 9 heteroatoms. The first-order valence-corrected chi connectivity index (χ1v) is 10.4. The summed E-state index contributed by atoms with van der Waals surface area (Å²) in [6.07, 6.45) is 0.528. The number of nitrogens with one attached hydrogen (secondary N) is 2. The van der Waals surface area contributed by atoms with Gasteiger partial charge in [-0.15, -0.1) is 0 Å². The van der Waals surface area contributed by atoms with E-state index in [1.54, 1.807) is 0 Å². The van der Waals surface area contributed by atoms with Gasteiger partial charge in [0.2, 0.25) is 5.91 Å². The number of carbonyl (C=O) groups is 2. The molecule has 0 saturated carbocycles. The molecule has 1 aromatic carbocycles. The summed E-state index contributed by atoms with van der Waals surface area (Å²) in [4.78, 5) is 27.7. The third-order valence-corrected chi connectivity index (χ3v) is 5.60. The number of likely N-dealkylation sites (N-methyl/N-ethyl adjacent to an activating group) is 2. The van der Waals surface area contributed by atoms with Crippen LogP contribution >= 0.6 is 0 Å². The Morgan fingerprint density at radius 2 is 1.97 bits per heavy atom. The lowest BCUT2D eigenvalue weighted by Gasteiger charge is -2.30. The highest BCUT2D eigenvalue weighted by atomic mass is 19.1. The van der Waals surface area contributed by atoms with Gasteiger partial charge in [0.1, 0.15) is 23.4 Å². The quantitative estimate of drug-likeness (QED) is 0.777. The summed E-state index contributed by atoms with van der Waals surface area (Å²) in [6, 6.07) is 1.82. The standard InChI is InChI=1S/C22H29F2N5O2/c1-6-28-10-9-17-15(12-28)18(14-11-13(23)7-8-16(14)24)27-29(17)21(31)26-19(20(30)25-5)22(2,3)4/h7-8,11,19H,6,9-10,12H2,1-5H3,(H,25,30)(H,26,31). The van der Waals surface area contributed by atoms with E-state index in [4.69, 9.17) is 0 Å². The van der Waals surface area contributed by atoms with Crippen LogP contribution < -0.4 is 10.6 Å². The average Bonchev–Trinajstić information content (AvgIpc) is 3.10. The van der Waals surface area contributed by atoms with Gasteiger partial charge >= 0.3 is 6.03 Å². The number of nitrogens with zero attached hydrogens (tertiary/aromatic N) is 3. The Morgan fingerprint density at radius 1 is 1.26 bits per heavy atom. The van der Waals surface area contributed by atoms with Crippen LogP contribution in [-0.2, 0) is 17.8 Å². The van der Waals surface area contributed by atoms with Crippen molar-refractivity contribution in [2.24, 2.45) is 5.41 Å². The highest BCUT2D eigenvalue weighted by Crippen LogP contribution is 2.32. The minimum Gasteiger partial charge on any atom is -0.357 e. The zero-order valence-corrected chi connectivity index (χ0v) is 18.6. The molecule has 1 unspecified atom stereocenters. The number of hydrogen-bond acceptors (Lipinski definition) is 4. The predicted octanol–water partition coefficient (Wildman–Crippen LogP) is 2.92. The van der Waals surface area contributed by atoms with Gasteiger partial charge in [0.05, 0.1) is 5.69 Å². The second-order valence-electron chi connectivity index (χ2n) is 8.79. The molecule has 0 fully saturated rings. The van der Waals surface area contributed by atoms with E-state index in [1.165, 1.54) is 11.7 Å². The van der Waals surface area contributed by atoms with Crippen LogP contribution in [0.4, 0.5) is 13.6 Å². The van der Waals surface area contributed by atoms with Gasteiger partial charge in [0, 0.05) is 37.7 Å². The van der Waals surface area contributed by atoms with Gasteiger partial charge in [-0.3, -0.25) is 9.69 Å². The molecule has 7 nitrogen and oxygen atoms in total. The Morgan fingerprint density at radius 3 is 2.58 bits per heavy atom. The maximum atomic E-state index is 14.5. The van der Waals surface area contributed by atoms with E-state index in [1.807, 2.05) is 27.7 Å². The minimum atomic E-state index is -0.796. The van der Waals surface area contributed by atoms with Crippen molar-refractivity contribution >= 4 is 11.9 Å². The first-order chi connectivity index (χ1) is 14.6. The molecule has 1 atom stereocenters. The SMILES string of the molecule is CCN1CCc2c(c(-c3cc(F)ccc3F)nn2C(=O)NC(C(=O)NC)C(C)(C)C)C1. The fourth-order valence-electron chi connectivity index (χ4n) is 3.81. The van der Waals surface area contributed by atoms with Crippen LogP contribution in [0.15, 0.2) is 18.2 Å². The smallest absolute Gasteiger partial charge is 0.343 e. The first-order valence-electron chi connectivity index (χ1n) is 10.4. The maximum Gasteiger partial charge on any atom is 0.343 e. The van der Waals surface area contributed by atoms with Crippen molar-refractivity contribution in [1.82, 2.24) is 25.3 Å². The lowest BCUT2D eigenvalue weighted by Crippen LogP contribution is -2.54. The van der Waals surface area contributed by atoms with E-state index in [2.05, 4.69) is 20.6 Å². The molecular formula is C22H29F2N5O2. The lowest BCUT2D eigenvalue weighted by atomic mass is 9.86. The molecule has 1 aliphatic rings. The summed E-state index contributed by atoms with van der Waals surface area (Å²) in [6.45, 7) is 9.52. The lowest BCUT2D eigenvalue weighted by molar-refractivity contribution is -0.124. The summed E-state index contributed by atoms with van der Waals surface area (Å²) in [5.41, 5.74) is 1.05. The molecule has 0 spiro atoms. The third kappa shape index (κ3) is 4.61. The highest BCUT2D eigenvalue weighted by molar-refractivity contribution is 5.88. The minimum absolute atomic E-state index is 0.0134. The molecule has 2 amide bonds. The Kier molecular flexibility index (Phi) is 6.45. The van der Waals surface area contributed by atoms with Gasteiger partial charge in [0.15, 0.2) is 0 Å². The Balaban J connectivity index is 2.07. The largest absolute Gasteiger partial charge is 0.357 e. The molecule has 0 bridgehead atoms. The number of rotatable bonds is 4. The zero-order chi connectivity index (χ0) is 22.9. The van der Waals surface area contributed by atoms with Crippen molar-refractivity contribution in [2.45, 2.75) is 46.7 Å². The maximum absolute atomic E-state index is 14.5. The van der Waals surface area contributed by atoms with E-state index in [9.17, 15) is 18.4 Å². The third-order valence-electron chi connectivity index (χ3n) is 5.60. The summed E-state index contributed by atoms with van der Waals surface area (Å²) >= 11 is 0. The van der Waals surface area contributed by atoms with Crippen LogP contribution in [0.1, 0.15) is 39.0 Å². The fourth-order valence-corrected chi connectivity index (χ4v) is 3.81. The predicted molar refractivity (Wildman–Crippen MR) is 113 cm³/mol. The molecule has 2 aromatic rings. The normalized spacial score (nSPS) is 15.3. The van der Waals surface area contributed by atoms with E-state index in [0.29, 0.717) is 30.8 Å².